The minimum atomic E-state index is -0.321. The van der Waals surface area contributed by atoms with Crippen LogP contribution in [0.3, 0.4) is 0 Å². The standard InChI is InChI=1S/C18H14ClN5OS/c1-12-14-10-16(17(25)23(8-6-20)9-7-21)26-18(14)24(22-12)11-13-4-2-3-5-15(13)19/h2-5,10H,8-9,11H2,1H3. The van der Waals surface area contributed by atoms with E-state index in [1.165, 1.54) is 16.2 Å². The van der Waals surface area contributed by atoms with Crippen LogP contribution in [-0.4, -0.2) is 33.7 Å². The summed E-state index contributed by atoms with van der Waals surface area (Å²) in [5.74, 6) is -0.321. The molecule has 0 bridgehead atoms. The topological polar surface area (TPSA) is 85.7 Å². The molecule has 0 saturated heterocycles. The average Bonchev–Trinajstić information content (AvgIpc) is 3.18. The lowest BCUT2D eigenvalue weighted by Crippen LogP contribution is -2.31. The van der Waals surface area contributed by atoms with Crippen LogP contribution in [0, 0.1) is 29.6 Å². The van der Waals surface area contributed by atoms with Crippen LogP contribution in [0.15, 0.2) is 30.3 Å². The van der Waals surface area contributed by atoms with Gasteiger partial charge in [0, 0.05) is 10.4 Å². The highest BCUT2D eigenvalue weighted by molar-refractivity contribution is 7.20. The van der Waals surface area contributed by atoms with Crippen molar-refractivity contribution in [1.29, 1.82) is 10.5 Å². The van der Waals surface area contributed by atoms with Crippen molar-refractivity contribution in [3.63, 3.8) is 0 Å². The first-order valence-electron chi connectivity index (χ1n) is 7.78. The zero-order valence-corrected chi connectivity index (χ0v) is 15.5. The molecule has 0 unspecified atom stereocenters. The maximum Gasteiger partial charge on any atom is 0.265 e. The van der Waals surface area contributed by atoms with Gasteiger partial charge in [-0.15, -0.1) is 11.3 Å². The Kier molecular flexibility index (Phi) is 5.22. The summed E-state index contributed by atoms with van der Waals surface area (Å²) in [4.78, 5) is 15.2. The van der Waals surface area contributed by atoms with E-state index in [-0.39, 0.29) is 19.0 Å². The quantitative estimate of drug-likeness (QED) is 0.630. The highest BCUT2D eigenvalue weighted by atomic mass is 35.5. The molecule has 6 nitrogen and oxygen atoms in total. The molecule has 1 aromatic carbocycles. The lowest BCUT2D eigenvalue weighted by Gasteiger charge is -2.14. The second kappa shape index (κ2) is 7.57. The Labute approximate surface area is 159 Å². The second-order valence-electron chi connectivity index (χ2n) is 5.64. The van der Waals surface area contributed by atoms with Gasteiger partial charge in [-0.2, -0.15) is 15.6 Å². The van der Waals surface area contributed by atoms with Crippen LogP contribution < -0.4 is 0 Å². The molecule has 8 heteroatoms. The van der Waals surface area contributed by atoms with E-state index in [1.54, 1.807) is 6.07 Å². The molecule has 2 heterocycles. The number of fused-ring (bicyclic) bond motifs is 1. The summed E-state index contributed by atoms with van der Waals surface area (Å²) < 4.78 is 1.83. The van der Waals surface area contributed by atoms with E-state index in [0.717, 1.165) is 21.5 Å². The maximum atomic E-state index is 12.6. The summed E-state index contributed by atoms with van der Waals surface area (Å²) in [7, 11) is 0. The zero-order valence-electron chi connectivity index (χ0n) is 13.9. The summed E-state index contributed by atoms with van der Waals surface area (Å²) in [6.45, 7) is 2.14. The number of nitriles is 2. The van der Waals surface area contributed by atoms with Crippen molar-refractivity contribution in [2.75, 3.05) is 13.1 Å². The molecule has 1 amide bonds. The second-order valence-corrected chi connectivity index (χ2v) is 7.08. The van der Waals surface area contributed by atoms with Crippen molar-refractivity contribution in [3.8, 4) is 12.1 Å². The van der Waals surface area contributed by atoms with E-state index in [2.05, 4.69) is 5.10 Å². The highest BCUT2D eigenvalue weighted by Crippen LogP contribution is 2.30. The lowest BCUT2D eigenvalue weighted by atomic mass is 10.2. The number of hydrogen-bond acceptors (Lipinski definition) is 5. The third kappa shape index (κ3) is 3.41. The van der Waals surface area contributed by atoms with Crippen LogP contribution in [0.2, 0.25) is 5.02 Å². The molecule has 3 rings (SSSR count). The number of hydrogen-bond donors (Lipinski definition) is 0. The molecule has 0 fully saturated rings. The third-order valence-corrected chi connectivity index (χ3v) is 5.41. The molecule has 2 aromatic heterocycles. The van der Waals surface area contributed by atoms with Gasteiger partial charge in [0.15, 0.2) is 0 Å². The van der Waals surface area contributed by atoms with Crippen LogP contribution in [0.25, 0.3) is 10.2 Å². The van der Waals surface area contributed by atoms with Gasteiger partial charge in [0.2, 0.25) is 0 Å². The zero-order chi connectivity index (χ0) is 18.7. The lowest BCUT2D eigenvalue weighted by molar-refractivity contribution is 0.0799. The summed E-state index contributed by atoms with van der Waals surface area (Å²) in [5.41, 5.74) is 1.75. The van der Waals surface area contributed by atoms with Gasteiger partial charge in [-0.3, -0.25) is 9.48 Å². The molecule has 0 aliphatic heterocycles. The summed E-state index contributed by atoms with van der Waals surface area (Å²) >= 11 is 7.54. The van der Waals surface area contributed by atoms with Crippen LogP contribution >= 0.6 is 22.9 Å². The molecule has 0 aliphatic carbocycles. The van der Waals surface area contributed by atoms with Crippen LogP contribution in [0.5, 0.6) is 0 Å². The van der Waals surface area contributed by atoms with Crippen LogP contribution in [0.1, 0.15) is 20.9 Å². The van der Waals surface area contributed by atoms with Gasteiger partial charge in [-0.25, -0.2) is 0 Å². The van der Waals surface area contributed by atoms with Crippen molar-refractivity contribution in [2.45, 2.75) is 13.5 Å². The van der Waals surface area contributed by atoms with Crippen molar-refractivity contribution in [3.05, 3.63) is 51.5 Å². The van der Waals surface area contributed by atoms with Crippen molar-refractivity contribution in [1.82, 2.24) is 14.7 Å². The number of thiophene rings is 1. The van der Waals surface area contributed by atoms with Gasteiger partial charge in [-0.1, -0.05) is 29.8 Å². The van der Waals surface area contributed by atoms with Crippen molar-refractivity contribution in [2.24, 2.45) is 0 Å². The van der Waals surface area contributed by atoms with E-state index in [4.69, 9.17) is 22.1 Å². The monoisotopic (exact) mass is 383 g/mol. The molecule has 0 N–H and O–H groups in total. The Morgan fingerprint density at radius 3 is 2.65 bits per heavy atom. The predicted molar refractivity (Wildman–Crippen MR) is 100 cm³/mol. The minimum absolute atomic E-state index is 0.120. The van der Waals surface area contributed by atoms with Crippen LogP contribution in [0.4, 0.5) is 0 Å². The fourth-order valence-electron chi connectivity index (χ4n) is 2.64. The van der Waals surface area contributed by atoms with Gasteiger partial charge >= 0.3 is 0 Å². The number of benzene rings is 1. The Bertz CT molecular complexity index is 1040. The number of halogens is 1. The van der Waals surface area contributed by atoms with E-state index >= 15 is 0 Å². The third-order valence-electron chi connectivity index (χ3n) is 3.91. The van der Waals surface area contributed by atoms with Gasteiger partial charge < -0.3 is 4.90 Å². The number of nitrogens with zero attached hydrogens (tertiary/aromatic N) is 5. The minimum Gasteiger partial charge on any atom is -0.311 e. The van der Waals surface area contributed by atoms with E-state index in [0.29, 0.717) is 16.4 Å². The molecule has 130 valence electrons. The van der Waals surface area contributed by atoms with Crippen LogP contribution in [-0.2, 0) is 6.54 Å². The van der Waals surface area contributed by atoms with E-state index in [9.17, 15) is 4.79 Å². The maximum absolute atomic E-state index is 12.6. The number of carbonyl (C=O) groups is 1. The number of rotatable bonds is 5. The van der Waals surface area contributed by atoms with Gasteiger partial charge in [-0.05, 0) is 24.6 Å². The van der Waals surface area contributed by atoms with Gasteiger partial charge in [0.1, 0.15) is 17.9 Å². The first kappa shape index (κ1) is 17.9. The van der Waals surface area contributed by atoms with E-state index in [1.807, 2.05) is 48.0 Å². The molecule has 0 atom stereocenters. The molecular formula is C18H14ClN5OS. The summed E-state index contributed by atoms with van der Waals surface area (Å²) in [6.07, 6.45) is 0. The normalized spacial score (nSPS) is 10.5. The molecule has 0 radical (unpaired) electrons. The first-order valence-corrected chi connectivity index (χ1v) is 8.98. The Morgan fingerprint density at radius 1 is 1.31 bits per heavy atom. The molecule has 3 aromatic rings. The molecule has 0 aliphatic rings. The Balaban J connectivity index is 1.97. The Morgan fingerprint density at radius 2 is 2.00 bits per heavy atom. The SMILES string of the molecule is Cc1nn(Cc2ccccc2Cl)c2sc(C(=O)N(CC#N)CC#N)cc12. The average molecular weight is 384 g/mol. The number of carbonyl (C=O) groups excluding carboxylic acids is 1. The fourth-order valence-corrected chi connectivity index (χ4v) is 3.96. The largest absolute Gasteiger partial charge is 0.311 e. The smallest absolute Gasteiger partial charge is 0.265 e. The fraction of sp³-hybridized carbons (Fsp3) is 0.222. The number of amides is 1. The molecular weight excluding hydrogens is 370 g/mol. The highest BCUT2D eigenvalue weighted by Gasteiger charge is 2.21. The Hall–Kier alpha value is -2.87. The first-order chi connectivity index (χ1) is 12.5. The molecule has 0 saturated carbocycles. The van der Waals surface area contributed by atoms with Crippen molar-refractivity contribution < 1.29 is 4.79 Å². The molecule has 0 spiro atoms. The van der Waals surface area contributed by atoms with Gasteiger partial charge in [0.05, 0.1) is 29.3 Å². The van der Waals surface area contributed by atoms with Crippen molar-refractivity contribution >= 4 is 39.1 Å². The van der Waals surface area contributed by atoms with E-state index < -0.39 is 0 Å². The number of aryl methyl sites for hydroxylation is 1. The number of aromatic nitrogens is 2. The summed E-state index contributed by atoms with van der Waals surface area (Å²) in [6, 6.07) is 13.2. The summed E-state index contributed by atoms with van der Waals surface area (Å²) in [5, 5.41) is 23.8. The predicted octanol–water partition coefficient (Wildman–Crippen LogP) is 3.60. The van der Waals surface area contributed by atoms with Gasteiger partial charge in [0.25, 0.3) is 5.91 Å². The molecule has 26 heavy (non-hydrogen) atoms.